The minimum Gasteiger partial charge on any atom is -0.481 e. The van der Waals surface area contributed by atoms with E-state index in [0.717, 1.165) is 6.92 Å². The molecule has 0 amide bonds. The van der Waals surface area contributed by atoms with Crippen molar-refractivity contribution in [3.63, 3.8) is 0 Å². The first-order valence-electron chi connectivity index (χ1n) is 6.38. The van der Waals surface area contributed by atoms with Gasteiger partial charge in [0, 0.05) is 11.8 Å². The fourth-order valence-corrected chi connectivity index (χ4v) is 2.29. The van der Waals surface area contributed by atoms with E-state index in [1.807, 2.05) is 11.3 Å². The number of aryl methyl sites for hydroxylation is 1. The summed E-state index contributed by atoms with van der Waals surface area (Å²) < 4.78 is 0. The molecule has 0 aromatic carbocycles. The van der Waals surface area contributed by atoms with Crippen LogP contribution in [-0.2, 0) is 11.2 Å². The second kappa shape index (κ2) is 11.6. The van der Waals surface area contributed by atoms with Crippen LogP contribution in [0.5, 0.6) is 0 Å². The maximum atomic E-state index is 9.00. The van der Waals surface area contributed by atoms with Gasteiger partial charge in [-0.05, 0) is 24.3 Å². The second-order valence-electron chi connectivity index (χ2n) is 4.12. The minimum atomic E-state index is -0.833. The van der Waals surface area contributed by atoms with Crippen LogP contribution in [0.1, 0.15) is 57.2 Å². The highest BCUT2D eigenvalue weighted by Gasteiger charge is 1.93. The van der Waals surface area contributed by atoms with Crippen molar-refractivity contribution in [2.24, 2.45) is 0 Å². The first-order valence-corrected chi connectivity index (χ1v) is 7.26. The Hall–Kier alpha value is -0.830. The summed E-state index contributed by atoms with van der Waals surface area (Å²) in [4.78, 5) is 10.6. The van der Waals surface area contributed by atoms with E-state index in [-0.39, 0.29) is 0 Å². The third-order valence-electron chi connectivity index (χ3n) is 2.36. The zero-order valence-corrected chi connectivity index (χ0v) is 11.8. The lowest BCUT2D eigenvalue weighted by molar-refractivity contribution is -0.134. The van der Waals surface area contributed by atoms with Crippen molar-refractivity contribution in [3.05, 3.63) is 22.4 Å². The largest absolute Gasteiger partial charge is 0.481 e. The van der Waals surface area contributed by atoms with Crippen molar-refractivity contribution in [2.75, 3.05) is 0 Å². The fourth-order valence-electron chi connectivity index (χ4n) is 1.53. The van der Waals surface area contributed by atoms with Crippen LogP contribution in [0, 0.1) is 0 Å². The number of thiophene rings is 1. The number of hydrogen-bond donors (Lipinski definition) is 1. The molecule has 0 aliphatic rings. The molecule has 17 heavy (non-hydrogen) atoms. The Morgan fingerprint density at radius 1 is 1.24 bits per heavy atom. The molecular formula is C14H24O2S. The lowest BCUT2D eigenvalue weighted by Gasteiger charge is -1.98. The summed E-state index contributed by atoms with van der Waals surface area (Å²) in [6.07, 6.45) is 9.72. The van der Waals surface area contributed by atoms with Gasteiger partial charge in [0.25, 0.3) is 5.97 Å². The Bertz CT molecular complexity index is 264. The molecule has 0 saturated carbocycles. The number of carboxylic acid groups (broad SMARTS) is 1. The van der Waals surface area contributed by atoms with E-state index >= 15 is 0 Å². The van der Waals surface area contributed by atoms with Gasteiger partial charge in [0.15, 0.2) is 0 Å². The molecule has 0 aliphatic heterocycles. The molecule has 0 spiro atoms. The van der Waals surface area contributed by atoms with E-state index in [0.29, 0.717) is 0 Å². The van der Waals surface area contributed by atoms with E-state index in [9.17, 15) is 0 Å². The maximum absolute atomic E-state index is 9.00. The molecule has 0 aliphatic carbocycles. The van der Waals surface area contributed by atoms with Gasteiger partial charge >= 0.3 is 0 Å². The van der Waals surface area contributed by atoms with Crippen molar-refractivity contribution < 1.29 is 9.90 Å². The van der Waals surface area contributed by atoms with Crippen LogP contribution in [0.15, 0.2) is 17.5 Å². The Balaban J connectivity index is 0.000000557. The Kier molecular flexibility index (Phi) is 11.1. The zero-order chi connectivity index (χ0) is 12.9. The summed E-state index contributed by atoms with van der Waals surface area (Å²) in [5, 5.41) is 9.59. The first kappa shape index (κ1) is 16.2. The summed E-state index contributed by atoms with van der Waals surface area (Å²) in [5.41, 5.74) is 0. The van der Waals surface area contributed by atoms with Gasteiger partial charge in [-0.1, -0.05) is 45.1 Å². The highest BCUT2D eigenvalue weighted by atomic mass is 32.1. The van der Waals surface area contributed by atoms with Gasteiger partial charge in [0.2, 0.25) is 0 Å². The average molecular weight is 256 g/mol. The summed E-state index contributed by atoms with van der Waals surface area (Å²) in [6, 6.07) is 4.40. The molecule has 1 N–H and O–H groups in total. The number of hydrogen-bond acceptors (Lipinski definition) is 2. The normalized spacial score (nSPS) is 9.53. The fraction of sp³-hybridized carbons (Fsp3) is 0.643. The topological polar surface area (TPSA) is 37.3 Å². The van der Waals surface area contributed by atoms with Gasteiger partial charge in [-0.25, -0.2) is 0 Å². The van der Waals surface area contributed by atoms with Crippen LogP contribution < -0.4 is 0 Å². The summed E-state index contributed by atoms with van der Waals surface area (Å²) in [6.45, 7) is 3.35. The molecule has 1 aromatic rings. The third kappa shape index (κ3) is 13.1. The van der Waals surface area contributed by atoms with Crippen molar-refractivity contribution in [3.8, 4) is 0 Å². The molecule has 1 heterocycles. The van der Waals surface area contributed by atoms with Gasteiger partial charge in [0.1, 0.15) is 0 Å². The van der Waals surface area contributed by atoms with Crippen molar-refractivity contribution >= 4 is 17.3 Å². The first-order chi connectivity index (χ1) is 8.16. The monoisotopic (exact) mass is 256 g/mol. The number of carbonyl (C=O) groups is 1. The van der Waals surface area contributed by atoms with E-state index < -0.39 is 5.97 Å². The molecule has 1 aromatic heterocycles. The lowest BCUT2D eigenvalue weighted by Crippen LogP contribution is -1.82. The van der Waals surface area contributed by atoms with Crippen LogP contribution in [0.4, 0.5) is 0 Å². The standard InChI is InChI=1S/C12H20S.C2H4O2/c1-2-3-4-5-6-7-9-12-10-8-11-13-12;1-2(3)4/h8,10-11H,2-7,9H2,1H3;1H3,(H,3,4). The number of unbranched alkanes of at least 4 members (excludes halogenated alkanes) is 5. The van der Waals surface area contributed by atoms with Gasteiger partial charge in [-0.15, -0.1) is 11.3 Å². The van der Waals surface area contributed by atoms with Crippen LogP contribution >= 0.6 is 11.3 Å². The zero-order valence-electron chi connectivity index (χ0n) is 10.9. The van der Waals surface area contributed by atoms with Gasteiger partial charge in [-0.3, -0.25) is 4.79 Å². The minimum absolute atomic E-state index is 0.833. The molecule has 0 radical (unpaired) electrons. The highest BCUT2D eigenvalue weighted by molar-refractivity contribution is 7.09. The third-order valence-corrected chi connectivity index (χ3v) is 3.29. The van der Waals surface area contributed by atoms with Crippen LogP contribution in [-0.4, -0.2) is 11.1 Å². The van der Waals surface area contributed by atoms with Crippen molar-refractivity contribution in [1.82, 2.24) is 0 Å². The number of carboxylic acids is 1. The van der Waals surface area contributed by atoms with Crippen molar-refractivity contribution in [2.45, 2.75) is 58.8 Å². The molecule has 0 bridgehead atoms. The quantitative estimate of drug-likeness (QED) is 0.715. The maximum Gasteiger partial charge on any atom is 0.300 e. The molecule has 98 valence electrons. The Morgan fingerprint density at radius 2 is 1.82 bits per heavy atom. The predicted octanol–water partition coefficient (Wildman–Crippen LogP) is 4.74. The molecule has 3 heteroatoms. The Morgan fingerprint density at radius 3 is 2.35 bits per heavy atom. The highest BCUT2D eigenvalue weighted by Crippen LogP contribution is 2.13. The van der Waals surface area contributed by atoms with E-state index in [2.05, 4.69) is 24.4 Å². The summed E-state index contributed by atoms with van der Waals surface area (Å²) >= 11 is 1.89. The smallest absolute Gasteiger partial charge is 0.300 e. The number of aliphatic carboxylic acids is 1. The molecule has 1 rings (SSSR count). The second-order valence-corrected chi connectivity index (χ2v) is 5.15. The van der Waals surface area contributed by atoms with Gasteiger partial charge in [0.05, 0.1) is 0 Å². The SMILES string of the molecule is CC(=O)O.CCCCCCCCc1cccs1. The van der Waals surface area contributed by atoms with Crippen LogP contribution in [0.3, 0.4) is 0 Å². The van der Waals surface area contributed by atoms with E-state index in [1.165, 1.54) is 44.9 Å². The van der Waals surface area contributed by atoms with Gasteiger partial charge in [-0.2, -0.15) is 0 Å². The van der Waals surface area contributed by atoms with Crippen LogP contribution in [0.25, 0.3) is 0 Å². The summed E-state index contributed by atoms with van der Waals surface area (Å²) in [5.74, 6) is -0.833. The van der Waals surface area contributed by atoms with Crippen LogP contribution in [0.2, 0.25) is 0 Å². The lowest BCUT2D eigenvalue weighted by atomic mass is 10.1. The van der Waals surface area contributed by atoms with Gasteiger partial charge < -0.3 is 5.11 Å². The van der Waals surface area contributed by atoms with E-state index in [4.69, 9.17) is 9.90 Å². The number of rotatable bonds is 7. The van der Waals surface area contributed by atoms with Crippen molar-refractivity contribution in [1.29, 1.82) is 0 Å². The molecule has 0 atom stereocenters. The molecule has 2 nitrogen and oxygen atoms in total. The predicted molar refractivity (Wildman–Crippen MR) is 74.7 cm³/mol. The van der Waals surface area contributed by atoms with E-state index in [1.54, 1.807) is 4.88 Å². The molecule has 0 saturated heterocycles. The summed E-state index contributed by atoms with van der Waals surface area (Å²) in [7, 11) is 0. The molecule has 0 unspecified atom stereocenters. The average Bonchev–Trinajstić information content (AvgIpc) is 2.75. The molecular weight excluding hydrogens is 232 g/mol. The Labute approximate surface area is 109 Å². The molecule has 0 fully saturated rings.